The number of halogens is 1. The lowest BCUT2D eigenvalue weighted by atomic mass is 9.79. The fraction of sp³-hybridized carbons (Fsp3) is 0.333. The number of nitrogens with one attached hydrogen (secondary N) is 1. The first-order valence-electron chi connectivity index (χ1n) is 14.4. The van der Waals surface area contributed by atoms with Gasteiger partial charge in [0.25, 0.3) is 11.8 Å². The van der Waals surface area contributed by atoms with Gasteiger partial charge in [-0.25, -0.2) is 14.7 Å². The molecule has 1 N–H and O–H groups in total. The highest BCUT2D eigenvalue weighted by Crippen LogP contribution is 2.38. The lowest BCUT2D eigenvalue weighted by molar-refractivity contribution is -0.120. The minimum atomic E-state index is -1.14. The fourth-order valence-electron chi connectivity index (χ4n) is 5.18. The smallest absolute Gasteiger partial charge is 0.399 e. The van der Waals surface area contributed by atoms with Crippen molar-refractivity contribution in [1.29, 1.82) is 0 Å². The number of hydrogen-bond acceptors (Lipinski definition) is 6. The molecule has 2 heterocycles. The van der Waals surface area contributed by atoms with Gasteiger partial charge in [0, 0.05) is 11.4 Å². The van der Waals surface area contributed by atoms with Crippen LogP contribution in [0.5, 0.6) is 0 Å². The van der Waals surface area contributed by atoms with E-state index in [1.807, 2.05) is 52.0 Å². The summed E-state index contributed by atoms with van der Waals surface area (Å²) in [5.74, 6) is -1.87. The Kier molecular flexibility index (Phi) is 8.35. The maximum atomic E-state index is 15.3. The Labute approximate surface area is 268 Å². The molecule has 0 atom stereocenters. The molecule has 0 aromatic heterocycles. The summed E-state index contributed by atoms with van der Waals surface area (Å²) in [6.07, 6.45) is 0. The van der Waals surface area contributed by atoms with Crippen LogP contribution in [0, 0.1) is 19.3 Å². The SMILES string of the molecule is [C-]#[N+]c1ccc(N2C(=O)C(C)(C)N(c3ccc(C(=O)NOCc4ccc(B5OC(C)(C)C(C)(C)O5)cc4)c(F)c3)C2=S)cc1C. The van der Waals surface area contributed by atoms with Crippen LogP contribution in [0.3, 0.4) is 0 Å². The van der Waals surface area contributed by atoms with Gasteiger partial charge in [0.1, 0.15) is 11.4 Å². The molecule has 2 aliphatic rings. The first-order valence-corrected chi connectivity index (χ1v) is 14.8. The molecule has 45 heavy (non-hydrogen) atoms. The van der Waals surface area contributed by atoms with E-state index in [2.05, 4.69) is 10.3 Å². The molecule has 2 amide bonds. The summed E-state index contributed by atoms with van der Waals surface area (Å²) in [5.41, 5.74) is 3.68. The van der Waals surface area contributed by atoms with Crippen LogP contribution < -0.4 is 20.7 Å². The van der Waals surface area contributed by atoms with E-state index in [9.17, 15) is 9.59 Å². The van der Waals surface area contributed by atoms with Crippen molar-refractivity contribution in [3.05, 3.63) is 94.6 Å². The van der Waals surface area contributed by atoms with Crippen molar-refractivity contribution in [3.8, 4) is 0 Å². The number of carbonyl (C=O) groups excluding carboxylic acids is 2. The topological polar surface area (TPSA) is 84.7 Å². The average Bonchev–Trinajstić information content (AvgIpc) is 3.30. The minimum absolute atomic E-state index is 0.0552. The lowest BCUT2D eigenvalue weighted by Crippen LogP contribution is -2.44. The molecule has 0 saturated carbocycles. The predicted molar refractivity (Wildman–Crippen MR) is 175 cm³/mol. The summed E-state index contributed by atoms with van der Waals surface area (Å²) in [6, 6.07) is 16.5. The zero-order chi connectivity index (χ0) is 32.9. The zero-order valence-electron chi connectivity index (χ0n) is 26.2. The van der Waals surface area contributed by atoms with Gasteiger partial charge in [-0.1, -0.05) is 30.3 Å². The number of carbonyl (C=O) groups is 2. The second kappa shape index (κ2) is 11.7. The van der Waals surface area contributed by atoms with Gasteiger partial charge in [0.05, 0.1) is 29.9 Å². The van der Waals surface area contributed by atoms with E-state index in [0.29, 0.717) is 22.6 Å². The van der Waals surface area contributed by atoms with E-state index in [1.54, 1.807) is 43.9 Å². The van der Waals surface area contributed by atoms with E-state index < -0.39 is 35.6 Å². The van der Waals surface area contributed by atoms with Crippen LogP contribution in [0.4, 0.5) is 21.5 Å². The third-order valence-corrected chi connectivity index (χ3v) is 8.96. The van der Waals surface area contributed by atoms with Crippen molar-refractivity contribution in [2.45, 2.75) is 71.8 Å². The number of amides is 2. The van der Waals surface area contributed by atoms with Crippen molar-refractivity contribution < 1.29 is 28.1 Å². The highest BCUT2D eigenvalue weighted by atomic mass is 32.1. The molecule has 5 rings (SSSR count). The third-order valence-electron chi connectivity index (χ3n) is 8.59. The van der Waals surface area contributed by atoms with Gasteiger partial charge in [-0.05, 0) is 108 Å². The predicted octanol–water partition coefficient (Wildman–Crippen LogP) is 5.76. The molecule has 0 spiro atoms. The van der Waals surface area contributed by atoms with Gasteiger partial charge in [-0.15, -0.1) is 0 Å². The molecule has 3 aromatic rings. The number of thiocarbonyl (C=S) groups is 1. The third kappa shape index (κ3) is 5.84. The van der Waals surface area contributed by atoms with E-state index >= 15 is 4.39 Å². The second-order valence-electron chi connectivity index (χ2n) is 12.6. The highest BCUT2D eigenvalue weighted by Gasteiger charge is 2.52. The zero-order valence-corrected chi connectivity index (χ0v) is 27.0. The van der Waals surface area contributed by atoms with Crippen LogP contribution in [-0.2, 0) is 25.5 Å². The van der Waals surface area contributed by atoms with Crippen LogP contribution in [0.15, 0.2) is 60.7 Å². The Morgan fingerprint density at radius 3 is 2.20 bits per heavy atom. The van der Waals surface area contributed by atoms with Crippen molar-refractivity contribution in [2.75, 3.05) is 9.80 Å². The standard InChI is InChI=1S/C33H34BFN4O5S/c1-20-17-23(14-16-27(20)36-8)38-29(41)31(2,3)39(30(38)45)24-13-15-25(26(35)18-24)28(40)37-42-19-21-9-11-22(12-10-21)34-43-32(4,5)33(6,7)44-34/h9-18H,19H2,1-7H3,(H,37,40). The Balaban J connectivity index is 1.23. The van der Waals surface area contributed by atoms with Gasteiger partial charge in [-0.3, -0.25) is 19.3 Å². The fourth-order valence-corrected chi connectivity index (χ4v) is 5.70. The lowest BCUT2D eigenvalue weighted by Gasteiger charge is -2.32. The van der Waals surface area contributed by atoms with Crippen LogP contribution in [-0.4, -0.2) is 40.8 Å². The van der Waals surface area contributed by atoms with Gasteiger partial charge >= 0.3 is 7.12 Å². The molecule has 0 radical (unpaired) electrons. The van der Waals surface area contributed by atoms with Gasteiger partial charge in [-0.2, -0.15) is 0 Å². The molecule has 232 valence electrons. The molecule has 2 aliphatic heterocycles. The quantitative estimate of drug-likeness (QED) is 0.154. The summed E-state index contributed by atoms with van der Waals surface area (Å²) in [6.45, 7) is 20.5. The van der Waals surface area contributed by atoms with Crippen LogP contribution in [0.2, 0.25) is 0 Å². The van der Waals surface area contributed by atoms with Gasteiger partial charge < -0.3 is 14.2 Å². The molecule has 12 heteroatoms. The number of rotatable bonds is 7. The minimum Gasteiger partial charge on any atom is -0.399 e. The molecule has 9 nitrogen and oxygen atoms in total. The Bertz CT molecular complexity index is 1720. The number of hydrogen-bond donors (Lipinski definition) is 1. The van der Waals surface area contributed by atoms with Crippen molar-refractivity contribution in [1.82, 2.24) is 5.48 Å². The maximum Gasteiger partial charge on any atom is 0.494 e. The Hall–Kier alpha value is -4.15. The summed E-state index contributed by atoms with van der Waals surface area (Å²) >= 11 is 5.68. The number of hydroxylamine groups is 1. The van der Waals surface area contributed by atoms with Crippen molar-refractivity contribution >= 4 is 58.8 Å². The van der Waals surface area contributed by atoms with Crippen molar-refractivity contribution in [3.63, 3.8) is 0 Å². The van der Waals surface area contributed by atoms with Crippen LogP contribution in [0.1, 0.15) is 63.0 Å². The summed E-state index contributed by atoms with van der Waals surface area (Å²) in [4.78, 5) is 38.0. The van der Waals surface area contributed by atoms with E-state index in [0.717, 1.165) is 11.0 Å². The molecule has 0 aliphatic carbocycles. The Morgan fingerprint density at radius 2 is 1.62 bits per heavy atom. The molecule has 0 bridgehead atoms. The number of nitrogens with zero attached hydrogens (tertiary/aromatic N) is 3. The van der Waals surface area contributed by atoms with Gasteiger partial charge in [0.15, 0.2) is 10.8 Å². The first kappa shape index (κ1) is 32.3. The van der Waals surface area contributed by atoms with E-state index in [4.69, 9.17) is 32.9 Å². The molecule has 2 fully saturated rings. The molecule has 2 saturated heterocycles. The monoisotopic (exact) mass is 628 g/mol. The van der Waals surface area contributed by atoms with E-state index in [1.165, 1.54) is 23.1 Å². The molecular weight excluding hydrogens is 594 g/mol. The van der Waals surface area contributed by atoms with Crippen LogP contribution >= 0.6 is 12.2 Å². The Morgan fingerprint density at radius 1 is 1.00 bits per heavy atom. The molecule has 3 aromatic carbocycles. The maximum absolute atomic E-state index is 15.3. The van der Waals surface area contributed by atoms with Crippen molar-refractivity contribution in [2.24, 2.45) is 0 Å². The number of anilines is 2. The first-order chi connectivity index (χ1) is 21.1. The normalized spacial score (nSPS) is 18.3. The largest absolute Gasteiger partial charge is 0.494 e. The number of aryl methyl sites for hydroxylation is 1. The van der Waals surface area contributed by atoms with Crippen LogP contribution in [0.25, 0.3) is 4.85 Å². The summed E-state index contributed by atoms with van der Waals surface area (Å²) in [7, 11) is -0.488. The molecular formula is C33H34BFN4O5S. The van der Waals surface area contributed by atoms with E-state index in [-0.39, 0.29) is 23.2 Å². The number of benzene rings is 3. The second-order valence-corrected chi connectivity index (χ2v) is 13.0. The highest BCUT2D eigenvalue weighted by molar-refractivity contribution is 7.81. The average molecular weight is 629 g/mol. The summed E-state index contributed by atoms with van der Waals surface area (Å²) in [5, 5.41) is 0.157. The van der Waals surface area contributed by atoms with Gasteiger partial charge in [0.2, 0.25) is 0 Å². The summed E-state index contributed by atoms with van der Waals surface area (Å²) < 4.78 is 27.5. The molecule has 0 unspecified atom stereocenters.